The molecule has 0 saturated carbocycles. The topological polar surface area (TPSA) is 105 Å². The lowest BCUT2D eigenvalue weighted by Gasteiger charge is -2.31. The summed E-state index contributed by atoms with van der Waals surface area (Å²) in [4.78, 5) is 54.7. The van der Waals surface area contributed by atoms with Crippen molar-refractivity contribution in [2.24, 2.45) is 0 Å². The van der Waals surface area contributed by atoms with Gasteiger partial charge in [0.25, 0.3) is 10.9 Å². The zero-order chi connectivity index (χ0) is 45.4. The normalized spacial score (nSPS) is 13.1. The molecule has 2 rings (SSSR count). The zero-order valence-corrected chi connectivity index (χ0v) is 41.5. The van der Waals surface area contributed by atoms with E-state index in [0.717, 1.165) is 142 Å². The molecule has 0 aliphatic carbocycles. The van der Waals surface area contributed by atoms with Crippen LogP contribution in [0.15, 0.2) is 9.59 Å². The molecule has 366 valence electrons. The van der Waals surface area contributed by atoms with Gasteiger partial charge >= 0.3 is 11.9 Å². The highest BCUT2D eigenvalue weighted by Gasteiger charge is 2.26. The second-order valence-electron chi connectivity index (χ2n) is 19.2. The molecule has 0 unspecified atom stereocenters. The van der Waals surface area contributed by atoms with Crippen LogP contribution in [0.3, 0.4) is 0 Å². The van der Waals surface area contributed by atoms with E-state index in [0.29, 0.717) is 37.4 Å². The lowest BCUT2D eigenvalue weighted by Crippen LogP contribution is -2.44. The molecule has 1 aromatic carbocycles. The molecule has 0 radical (unpaired) electrons. The van der Waals surface area contributed by atoms with Crippen molar-refractivity contribution in [1.29, 1.82) is 0 Å². The molecule has 0 amide bonds. The first-order valence-corrected chi connectivity index (χ1v) is 27.3. The van der Waals surface area contributed by atoms with Crippen molar-refractivity contribution in [1.82, 2.24) is 4.90 Å². The van der Waals surface area contributed by atoms with Crippen molar-refractivity contribution in [3.05, 3.63) is 20.4 Å². The fraction of sp³-hybridized carbons (Fsp3) is 0.889. The van der Waals surface area contributed by atoms with E-state index in [9.17, 15) is 19.2 Å². The summed E-state index contributed by atoms with van der Waals surface area (Å²) in [5.74, 6) is -0.0408. The zero-order valence-electron chi connectivity index (χ0n) is 41.5. The SMILES string of the molecule is CCCCCCCCCOC(=O)CCCCCCCN(CCCCCCCC(=O)OC(CCCCCCCC)CCCCCCCC)CCCNc1c(N2CCCCC2)c(=O)c1=O. The quantitative estimate of drug-likeness (QED) is 0.0389. The monoisotopic (exact) mass is 886 g/mol. The second-order valence-corrected chi connectivity index (χ2v) is 19.2. The molecule has 1 saturated heterocycles. The minimum Gasteiger partial charge on any atom is -0.466 e. The molecule has 1 aliphatic heterocycles. The van der Waals surface area contributed by atoms with Crippen molar-refractivity contribution >= 4 is 23.3 Å². The van der Waals surface area contributed by atoms with Crippen LogP contribution in [-0.2, 0) is 19.1 Å². The van der Waals surface area contributed by atoms with Gasteiger partial charge in [-0.1, -0.05) is 162 Å². The van der Waals surface area contributed by atoms with E-state index in [-0.39, 0.29) is 28.9 Å². The standard InChI is InChI=1S/C54H99N3O6/c1-4-7-10-13-16-25-35-47-62-49(58)39-29-21-17-23-31-42-56(44-36-41-55-51-52(54(61)53(51)60)57-45-33-26-34-46-57)43-32-24-18-22-30-40-50(59)63-48(37-27-19-14-11-8-5-2)38-28-20-15-12-9-6-3/h48,55H,4-47H2,1-3H3. The lowest BCUT2D eigenvalue weighted by molar-refractivity contribution is -0.150. The minimum atomic E-state index is -0.358. The Labute approximate surface area is 387 Å². The van der Waals surface area contributed by atoms with Gasteiger partial charge in [0.1, 0.15) is 17.5 Å². The number of esters is 2. The lowest BCUT2D eigenvalue weighted by atomic mass is 10.0. The van der Waals surface area contributed by atoms with Crippen LogP contribution in [0.2, 0.25) is 0 Å². The van der Waals surface area contributed by atoms with Gasteiger partial charge < -0.3 is 24.6 Å². The van der Waals surface area contributed by atoms with Gasteiger partial charge in [0.2, 0.25) is 0 Å². The number of carbonyl (C=O) groups excluding carboxylic acids is 2. The summed E-state index contributed by atoms with van der Waals surface area (Å²) in [7, 11) is 0. The molecule has 63 heavy (non-hydrogen) atoms. The smallest absolute Gasteiger partial charge is 0.306 e. The number of carbonyl (C=O) groups is 2. The summed E-state index contributed by atoms with van der Waals surface area (Å²) >= 11 is 0. The highest BCUT2D eigenvalue weighted by molar-refractivity contribution is 5.75. The summed E-state index contributed by atoms with van der Waals surface area (Å²) in [6, 6.07) is 0. The van der Waals surface area contributed by atoms with Gasteiger partial charge in [0.15, 0.2) is 0 Å². The van der Waals surface area contributed by atoms with Crippen LogP contribution in [0.1, 0.15) is 258 Å². The molecule has 1 N–H and O–H groups in total. The fourth-order valence-corrected chi connectivity index (χ4v) is 9.21. The maximum Gasteiger partial charge on any atom is 0.306 e. The van der Waals surface area contributed by atoms with Gasteiger partial charge in [0, 0.05) is 32.5 Å². The van der Waals surface area contributed by atoms with Crippen LogP contribution in [0.4, 0.5) is 11.4 Å². The van der Waals surface area contributed by atoms with Crippen LogP contribution in [-0.4, -0.2) is 68.8 Å². The molecule has 0 aromatic heterocycles. The highest BCUT2D eigenvalue weighted by atomic mass is 16.5. The third-order valence-corrected chi connectivity index (χ3v) is 13.3. The number of piperidine rings is 1. The molecule has 1 heterocycles. The van der Waals surface area contributed by atoms with Gasteiger partial charge in [-0.15, -0.1) is 0 Å². The largest absolute Gasteiger partial charge is 0.466 e. The van der Waals surface area contributed by atoms with Crippen molar-refractivity contribution in [3.63, 3.8) is 0 Å². The molecule has 1 fully saturated rings. The molecule has 9 nitrogen and oxygen atoms in total. The van der Waals surface area contributed by atoms with E-state index in [4.69, 9.17) is 9.47 Å². The number of ether oxygens (including phenoxy) is 2. The van der Waals surface area contributed by atoms with Crippen LogP contribution in [0, 0.1) is 0 Å². The number of nitrogens with zero attached hydrogens (tertiary/aromatic N) is 2. The average molecular weight is 886 g/mol. The number of rotatable bonds is 45. The number of anilines is 2. The Morgan fingerprint density at radius 1 is 0.524 bits per heavy atom. The molecule has 9 heteroatoms. The Hall–Kier alpha value is -2.42. The molecule has 0 bridgehead atoms. The summed E-state index contributed by atoms with van der Waals surface area (Å²) in [6.07, 6.45) is 42.0. The Bertz CT molecular complexity index is 1290. The van der Waals surface area contributed by atoms with Crippen molar-refractivity contribution in [3.8, 4) is 0 Å². The van der Waals surface area contributed by atoms with E-state index in [1.165, 1.54) is 116 Å². The second kappa shape index (κ2) is 39.9. The average Bonchev–Trinajstić information content (AvgIpc) is 3.29. The first-order chi connectivity index (χ1) is 30.9. The molecule has 1 aromatic rings. The van der Waals surface area contributed by atoms with Gasteiger partial charge in [-0.25, -0.2) is 0 Å². The van der Waals surface area contributed by atoms with Crippen LogP contribution < -0.4 is 21.1 Å². The molecule has 0 spiro atoms. The number of hydrogen-bond acceptors (Lipinski definition) is 9. The first kappa shape index (κ1) is 56.7. The molecule has 0 atom stereocenters. The van der Waals surface area contributed by atoms with Crippen molar-refractivity contribution in [2.75, 3.05) is 56.1 Å². The van der Waals surface area contributed by atoms with E-state index < -0.39 is 0 Å². The van der Waals surface area contributed by atoms with Crippen LogP contribution in [0.25, 0.3) is 0 Å². The van der Waals surface area contributed by atoms with Crippen LogP contribution >= 0.6 is 0 Å². The van der Waals surface area contributed by atoms with Crippen molar-refractivity contribution < 1.29 is 19.1 Å². The summed E-state index contributed by atoms with van der Waals surface area (Å²) in [6.45, 7) is 12.8. The molecular formula is C54H99N3O6. The summed E-state index contributed by atoms with van der Waals surface area (Å²) < 4.78 is 11.6. The highest BCUT2D eigenvalue weighted by Crippen LogP contribution is 2.24. The summed E-state index contributed by atoms with van der Waals surface area (Å²) in [5, 5.41) is 3.34. The van der Waals surface area contributed by atoms with E-state index in [1.54, 1.807) is 0 Å². The Kier molecular flexibility index (Phi) is 35.9. The summed E-state index contributed by atoms with van der Waals surface area (Å²) in [5.41, 5.74) is 0.468. The van der Waals surface area contributed by atoms with E-state index in [1.807, 2.05) is 0 Å². The van der Waals surface area contributed by atoms with Gasteiger partial charge in [-0.05, 0) is 103 Å². The number of hydrogen-bond donors (Lipinski definition) is 1. The van der Waals surface area contributed by atoms with E-state index >= 15 is 0 Å². The maximum atomic E-state index is 12.9. The predicted molar refractivity (Wildman–Crippen MR) is 267 cm³/mol. The van der Waals surface area contributed by atoms with Gasteiger partial charge in [0.05, 0.1) is 6.61 Å². The van der Waals surface area contributed by atoms with Crippen molar-refractivity contribution in [2.45, 2.75) is 264 Å². The molecular weight excluding hydrogens is 787 g/mol. The molecule has 1 aliphatic rings. The Morgan fingerprint density at radius 2 is 0.968 bits per heavy atom. The first-order valence-electron chi connectivity index (χ1n) is 27.3. The predicted octanol–water partition coefficient (Wildman–Crippen LogP) is 13.8. The minimum absolute atomic E-state index is 0.00210. The Morgan fingerprint density at radius 3 is 1.51 bits per heavy atom. The van der Waals surface area contributed by atoms with Gasteiger partial charge in [-0.3, -0.25) is 19.2 Å². The third-order valence-electron chi connectivity index (χ3n) is 13.3. The fourth-order valence-electron chi connectivity index (χ4n) is 9.21. The maximum absolute atomic E-state index is 12.9. The van der Waals surface area contributed by atoms with Gasteiger partial charge in [-0.2, -0.15) is 0 Å². The Balaban J connectivity index is 1.70. The number of unbranched alkanes of at least 4 members (excludes halogenated alkanes) is 24. The third kappa shape index (κ3) is 29.0. The van der Waals surface area contributed by atoms with E-state index in [2.05, 4.69) is 35.9 Å². The van der Waals surface area contributed by atoms with Crippen LogP contribution in [0.5, 0.6) is 0 Å². The number of nitrogens with one attached hydrogen (secondary N) is 1.